The first-order chi connectivity index (χ1) is 12.1. The second kappa shape index (κ2) is 9.59. The second-order valence-electron chi connectivity index (χ2n) is 5.82. The Kier molecular flexibility index (Phi) is 7.16. The number of amides is 1. The van der Waals surface area contributed by atoms with E-state index < -0.39 is 0 Å². The van der Waals surface area contributed by atoms with Crippen molar-refractivity contribution >= 4 is 11.7 Å². The summed E-state index contributed by atoms with van der Waals surface area (Å²) in [6.07, 6.45) is 0.735. The number of nitrogens with zero attached hydrogens (tertiary/aromatic N) is 1. The second-order valence-corrected chi connectivity index (χ2v) is 5.82. The Bertz CT molecular complexity index is 701. The topological polar surface area (TPSA) is 72.6 Å². The predicted molar refractivity (Wildman–Crippen MR) is 97.5 cm³/mol. The van der Waals surface area contributed by atoms with Gasteiger partial charge in [-0.05, 0) is 37.6 Å². The van der Waals surface area contributed by atoms with E-state index in [2.05, 4.69) is 0 Å². The molecule has 0 spiro atoms. The molecule has 2 N–H and O–H groups in total. The van der Waals surface area contributed by atoms with Gasteiger partial charge >= 0.3 is 0 Å². The molecule has 5 heteroatoms. The fraction of sp³-hybridized carbons (Fsp3) is 0.300. The lowest BCUT2D eigenvalue weighted by Gasteiger charge is -2.23. The molecule has 0 heterocycles. The third kappa shape index (κ3) is 6.04. The Morgan fingerprint density at radius 1 is 1.08 bits per heavy atom. The molecule has 0 aliphatic rings. The van der Waals surface area contributed by atoms with Crippen LogP contribution in [0.25, 0.3) is 0 Å². The molecule has 5 nitrogen and oxygen atoms in total. The molecular weight excluding hydrogens is 316 g/mol. The minimum atomic E-state index is -0.106. The molecule has 2 aromatic rings. The normalized spacial score (nSPS) is 10.3. The minimum absolute atomic E-state index is 0.0366. The van der Waals surface area contributed by atoms with Crippen molar-refractivity contribution in [2.45, 2.75) is 19.9 Å². The number of hydrogen-bond acceptors (Lipinski definition) is 4. The van der Waals surface area contributed by atoms with Crippen molar-refractivity contribution in [1.82, 2.24) is 4.90 Å². The van der Waals surface area contributed by atoms with Gasteiger partial charge in [-0.25, -0.2) is 0 Å². The van der Waals surface area contributed by atoms with E-state index in [1.54, 1.807) is 29.2 Å². The fourth-order valence-electron chi connectivity index (χ4n) is 2.42. The molecule has 0 saturated carbocycles. The molecule has 0 aliphatic heterocycles. The van der Waals surface area contributed by atoms with Crippen molar-refractivity contribution < 1.29 is 14.3 Å². The number of benzene rings is 2. The van der Waals surface area contributed by atoms with Gasteiger partial charge in [-0.15, -0.1) is 0 Å². The highest BCUT2D eigenvalue weighted by Gasteiger charge is 2.14. The van der Waals surface area contributed by atoms with Crippen molar-refractivity contribution in [3.8, 4) is 5.75 Å². The molecule has 2 aromatic carbocycles. The lowest BCUT2D eigenvalue weighted by atomic mass is 10.1. The van der Waals surface area contributed by atoms with Crippen LogP contribution in [0.15, 0.2) is 54.6 Å². The van der Waals surface area contributed by atoms with Crippen LogP contribution >= 0.6 is 0 Å². The number of carbonyl (C=O) groups excluding carboxylic acids is 2. The van der Waals surface area contributed by atoms with Gasteiger partial charge < -0.3 is 15.4 Å². The molecule has 0 bridgehead atoms. The summed E-state index contributed by atoms with van der Waals surface area (Å²) < 4.78 is 5.58. The molecule has 0 unspecified atom stereocenters. The maximum atomic E-state index is 12.5. The highest BCUT2D eigenvalue weighted by atomic mass is 16.5. The van der Waals surface area contributed by atoms with Gasteiger partial charge in [0, 0.05) is 18.7 Å². The van der Waals surface area contributed by atoms with Gasteiger partial charge in [0.05, 0.1) is 0 Å². The molecular formula is C20H24N2O3. The van der Waals surface area contributed by atoms with E-state index in [0.717, 1.165) is 12.0 Å². The number of hydrogen-bond donors (Lipinski definition) is 1. The van der Waals surface area contributed by atoms with E-state index in [9.17, 15) is 9.59 Å². The third-order valence-electron chi connectivity index (χ3n) is 3.80. The van der Waals surface area contributed by atoms with Crippen molar-refractivity contribution in [2.24, 2.45) is 5.73 Å². The quantitative estimate of drug-likeness (QED) is 0.712. The van der Waals surface area contributed by atoms with Crippen LogP contribution in [0, 0.1) is 0 Å². The SMILES string of the molecule is CC(=O)c1cccc(OCC(=O)N(CCCN)Cc2ccccc2)c1. The molecule has 1 amide bonds. The molecule has 0 fully saturated rings. The number of Topliss-reactive ketones (excluding diaryl/α,β-unsaturated/α-hetero) is 1. The van der Waals surface area contributed by atoms with E-state index in [1.165, 1.54) is 6.92 Å². The number of carbonyl (C=O) groups is 2. The molecule has 2 rings (SSSR count). The maximum absolute atomic E-state index is 12.5. The highest BCUT2D eigenvalue weighted by molar-refractivity contribution is 5.94. The van der Waals surface area contributed by atoms with Gasteiger partial charge in [-0.2, -0.15) is 0 Å². The monoisotopic (exact) mass is 340 g/mol. The molecule has 0 radical (unpaired) electrons. The van der Waals surface area contributed by atoms with Gasteiger partial charge in [0.25, 0.3) is 5.91 Å². The van der Waals surface area contributed by atoms with Crippen LogP contribution in [0.2, 0.25) is 0 Å². The molecule has 0 saturated heterocycles. The van der Waals surface area contributed by atoms with Crippen molar-refractivity contribution in [3.63, 3.8) is 0 Å². The van der Waals surface area contributed by atoms with Gasteiger partial charge in [0.15, 0.2) is 12.4 Å². The van der Waals surface area contributed by atoms with Crippen LogP contribution in [0.1, 0.15) is 29.3 Å². The largest absolute Gasteiger partial charge is 0.484 e. The summed E-state index contributed by atoms with van der Waals surface area (Å²) in [4.78, 5) is 25.7. The Morgan fingerprint density at radius 3 is 2.52 bits per heavy atom. The molecule has 0 aliphatic carbocycles. The summed E-state index contributed by atoms with van der Waals surface area (Å²) in [5.74, 6) is 0.371. The van der Waals surface area contributed by atoms with Gasteiger partial charge in [-0.3, -0.25) is 9.59 Å². The zero-order valence-corrected chi connectivity index (χ0v) is 14.5. The van der Waals surface area contributed by atoms with E-state index in [4.69, 9.17) is 10.5 Å². The zero-order valence-electron chi connectivity index (χ0n) is 14.5. The average molecular weight is 340 g/mol. The Hall–Kier alpha value is -2.66. The van der Waals surface area contributed by atoms with Crippen molar-refractivity contribution in [2.75, 3.05) is 19.7 Å². The first-order valence-electron chi connectivity index (χ1n) is 8.35. The molecule has 0 atom stereocenters. The summed E-state index contributed by atoms with van der Waals surface area (Å²) in [5.41, 5.74) is 7.20. The molecule has 0 aromatic heterocycles. The number of rotatable bonds is 9. The summed E-state index contributed by atoms with van der Waals surface area (Å²) in [5, 5.41) is 0. The summed E-state index contributed by atoms with van der Waals surface area (Å²) in [7, 11) is 0. The van der Waals surface area contributed by atoms with E-state index in [0.29, 0.717) is 30.9 Å². The van der Waals surface area contributed by atoms with Crippen LogP contribution in [0.3, 0.4) is 0 Å². The Morgan fingerprint density at radius 2 is 1.84 bits per heavy atom. The van der Waals surface area contributed by atoms with Gasteiger partial charge in [-0.1, -0.05) is 42.5 Å². The van der Waals surface area contributed by atoms with E-state index >= 15 is 0 Å². The van der Waals surface area contributed by atoms with E-state index in [-0.39, 0.29) is 18.3 Å². The van der Waals surface area contributed by atoms with Gasteiger partial charge in [0.1, 0.15) is 5.75 Å². The first kappa shape index (κ1) is 18.7. The maximum Gasteiger partial charge on any atom is 0.260 e. The standard InChI is InChI=1S/C20H24N2O3/c1-16(23)18-9-5-10-19(13-18)25-15-20(24)22(12-6-11-21)14-17-7-3-2-4-8-17/h2-5,7-10,13H,6,11-12,14-15,21H2,1H3. The number of ketones is 1. The summed E-state index contributed by atoms with van der Waals surface area (Å²) in [6, 6.07) is 16.7. The summed E-state index contributed by atoms with van der Waals surface area (Å²) >= 11 is 0. The minimum Gasteiger partial charge on any atom is -0.484 e. The smallest absolute Gasteiger partial charge is 0.260 e. The third-order valence-corrected chi connectivity index (χ3v) is 3.80. The lowest BCUT2D eigenvalue weighted by molar-refractivity contribution is -0.134. The Balaban J connectivity index is 1.98. The van der Waals surface area contributed by atoms with Crippen LogP contribution < -0.4 is 10.5 Å². The van der Waals surface area contributed by atoms with Crippen LogP contribution in [-0.2, 0) is 11.3 Å². The highest BCUT2D eigenvalue weighted by Crippen LogP contribution is 2.14. The van der Waals surface area contributed by atoms with E-state index in [1.807, 2.05) is 30.3 Å². The van der Waals surface area contributed by atoms with Crippen molar-refractivity contribution in [3.05, 3.63) is 65.7 Å². The summed E-state index contributed by atoms with van der Waals surface area (Å²) in [6.45, 7) is 3.06. The Labute approximate surface area is 148 Å². The molecule has 132 valence electrons. The van der Waals surface area contributed by atoms with Gasteiger partial charge in [0.2, 0.25) is 0 Å². The van der Waals surface area contributed by atoms with Crippen LogP contribution in [0.4, 0.5) is 0 Å². The van der Waals surface area contributed by atoms with Crippen LogP contribution in [0.5, 0.6) is 5.75 Å². The van der Waals surface area contributed by atoms with Crippen molar-refractivity contribution in [1.29, 1.82) is 0 Å². The lowest BCUT2D eigenvalue weighted by Crippen LogP contribution is -2.36. The predicted octanol–water partition coefficient (Wildman–Crippen LogP) is 2.65. The zero-order chi connectivity index (χ0) is 18.1. The average Bonchev–Trinajstić information content (AvgIpc) is 2.64. The molecule has 25 heavy (non-hydrogen) atoms. The number of ether oxygens (including phenoxy) is 1. The first-order valence-corrected chi connectivity index (χ1v) is 8.35. The number of nitrogens with two attached hydrogens (primary N) is 1. The van der Waals surface area contributed by atoms with Crippen LogP contribution in [-0.4, -0.2) is 36.3 Å². The fourth-order valence-corrected chi connectivity index (χ4v) is 2.42.